The minimum atomic E-state index is 0.396. The number of fused-ring (bicyclic) bond motifs is 4. The van der Waals surface area contributed by atoms with E-state index in [-0.39, 0.29) is 0 Å². The van der Waals surface area contributed by atoms with E-state index in [0.29, 0.717) is 17.8 Å². The van der Waals surface area contributed by atoms with E-state index < -0.39 is 0 Å². The third-order valence-corrected chi connectivity index (χ3v) is 24.5. The molecule has 2 saturated carbocycles. The highest BCUT2D eigenvalue weighted by atomic mass is 14.4. The Hall–Kier alpha value is -7.54. The van der Waals surface area contributed by atoms with Gasteiger partial charge in [-0.25, -0.2) is 0 Å². The molecule has 9 atom stereocenters. The summed E-state index contributed by atoms with van der Waals surface area (Å²) in [6.45, 7) is 21.1. The first-order valence-corrected chi connectivity index (χ1v) is 38.5. The van der Waals surface area contributed by atoms with Crippen LogP contribution in [0, 0.1) is 68.1 Å². The molecule has 0 aromatic heterocycles. The highest BCUT2D eigenvalue weighted by Crippen LogP contribution is 2.48. The van der Waals surface area contributed by atoms with Gasteiger partial charge in [0.25, 0.3) is 0 Å². The first kappa shape index (κ1) is 68.0. The molecule has 0 radical (unpaired) electrons. The smallest absolute Gasteiger partial charge is 0.0281 e. The standard InChI is InChI=1S/C35H42.C32H38.C30H32/c1-4-25(3)12-13-26(5-2)22-27-14-16-28(17-15-27)23-31-20-21-34(35-11-7-10-33(31)35)32-19-18-29-8-6-9-30(29)24-32;1-21-17-23(3)32(19-22(21)2)28-15-13-25(18-24(28)4)20-27-14-16-30(26-9-6-5-7-10-26)31-12-8-11-29(27)31;1-21-17-22(2)19-27(18-21)29-16-15-26(28-9-6-10-30(28)29)20-23-11-13-25(14-12-23)24-7-4-3-5-8-24/h7,10-11,14-21,24-26,35H,4-6,8-9,12-13,22-23H2,1-3H3;6,8-16,18,21-23,31-32H,5,7,17,19-20H2,1-4H3;6,9-19,24,30H,3-5,7-8,20H2,1-2H3. The van der Waals surface area contributed by atoms with Crippen LogP contribution in [0.4, 0.5) is 0 Å². The van der Waals surface area contributed by atoms with E-state index in [0.717, 1.165) is 67.1 Å². The summed E-state index contributed by atoms with van der Waals surface area (Å²) in [5, 5.41) is 0. The molecule has 0 heterocycles. The van der Waals surface area contributed by atoms with Gasteiger partial charge in [0.2, 0.25) is 0 Å². The van der Waals surface area contributed by atoms with Crippen molar-refractivity contribution in [2.24, 2.45) is 47.3 Å². The van der Waals surface area contributed by atoms with Crippen LogP contribution in [0.2, 0.25) is 0 Å². The van der Waals surface area contributed by atoms with Gasteiger partial charge in [-0.1, -0.05) is 304 Å². The molecule has 0 bridgehead atoms. The Morgan fingerprint density at radius 1 is 0.454 bits per heavy atom. The second kappa shape index (κ2) is 31.5. The highest BCUT2D eigenvalue weighted by Gasteiger charge is 2.34. The Bertz CT molecular complexity index is 4100. The van der Waals surface area contributed by atoms with Gasteiger partial charge in [-0.15, -0.1) is 0 Å². The Kier molecular flexibility index (Phi) is 22.1. The lowest BCUT2D eigenvalue weighted by Gasteiger charge is -2.38. The van der Waals surface area contributed by atoms with Crippen LogP contribution in [0.5, 0.6) is 0 Å². The van der Waals surface area contributed by atoms with Gasteiger partial charge in [0, 0.05) is 17.8 Å². The molecule has 15 rings (SSSR count). The quantitative estimate of drug-likeness (QED) is 0.0820. The first-order valence-electron chi connectivity index (χ1n) is 38.5. The van der Waals surface area contributed by atoms with Gasteiger partial charge in [-0.2, -0.15) is 0 Å². The minimum Gasteiger partial charge on any atom is -0.0836 e. The van der Waals surface area contributed by atoms with Crippen molar-refractivity contribution in [3.63, 3.8) is 0 Å². The molecule has 500 valence electrons. The fourth-order valence-electron chi connectivity index (χ4n) is 18.2. The SMILES string of the molecule is CCC(C)CCC(CC)Cc1ccc(CC2=CC=C(c3ccc4c(c3)CCC4)C3C=CC=C23)cc1.Cc1cc(C)cc(C2=CC=C(Cc3ccc(C4CCCCC4)cc3)C3=CC=CC32)c1.Cc1cc(CC2=CC=C(C3=CCCC=C3)C3C=CC=C23)ccc1C1CC(C)C(C)CC1C. The second-order valence-corrected chi connectivity index (χ2v) is 31.4. The van der Waals surface area contributed by atoms with Crippen molar-refractivity contribution in [3.8, 4) is 0 Å². The maximum atomic E-state index is 2.47. The van der Waals surface area contributed by atoms with Crippen LogP contribution in [0.3, 0.4) is 0 Å². The Balaban J connectivity index is 0.000000132. The zero-order chi connectivity index (χ0) is 66.9. The van der Waals surface area contributed by atoms with Gasteiger partial charge in [-0.05, 0) is 269 Å². The van der Waals surface area contributed by atoms with Crippen LogP contribution < -0.4 is 0 Å². The molecule has 2 fully saturated rings. The first-order chi connectivity index (χ1) is 47.3. The molecule has 5 aromatic rings. The summed E-state index contributed by atoms with van der Waals surface area (Å²) in [5.74, 6) is 6.88. The van der Waals surface area contributed by atoms with Gasteiger partial charge in [0.15, 0.2) is 0 Å². The summed E-state index contributed by atoms with van der Waals surface area (Å²) < 4.78 is 0. The van der Waals surface area contributed by atoms with Crippen molar-refractivity contribution in [1.82, 2.24) is 0 Å². The molecule has 0 nitrogen and oxygen atoms in total. The zero-order valence-electron chi connectivity index (χ0n) is 60.6. The van der Waals surface area contributed by atoms with Gasteiger partial charge in [0.05, 0.1) is 0 Å². The van der Waals surface area contributed by atoms with Crippen LogP contribution >= 0.6 is 0 Å². The molecule has 0 aliphatic heterocycles. The molecule has 10 aliphatic carbocycles. The average molecular weight is 1280 g/mol. The third kappa shape index (κ3) is 16.1. The fourth-order valence-corrected chi connectivity index (χ4v) is 18.2. The molecule has 0 spiro atoms. The summed E-state index contributed by atoms with van der Waals surface area (Å²) in [6, 6.07) is 40.4. The van der Waals surface area contributed by atoms with E-state index >= 15 is 0 Å². The zero-order valence-corrected chi connectivity index (χ0v) is 60.6. The number of benzene rings is 5. The molecular formula is C97H112. The maximum absolute atomic E-state index is 2.47. The summed E-state index contributed by atoms with van der Waals surface area (Å²) in [5.41, 5.74) is 33.6. The minimum absolute atomic E-state index is 0.396. The van der Waals surface area contributed by atoms with Crippen LogP contribution in [0.1, 0.15) is 216 Å². The Morgan fingerprint density at radius 2 is 1.02 bits per heavy atom. The molecular weight excluding hydrogens is 1170 g/mol. The fraction of sp³-hybridized carbons (Fsp3) is 0.402. The number of allylic oxidation sites excluding steroid dienone is 28. The van der Waals surface area contributed by atoms with Crippen LogP contribution in [0.15, 0.2) is 257 Å². The molecule has 0 saturated heterocycles. The summed E-state index contributed by atoms with van der Waals surface area (Å²) in [4.78, 5) is 0. The predicted octanol–water partition coefficient (Wildman–Crippen LogP) is 25.9. The lowest BCUT2D eigenvalue weighted by Crippen LogP contribution is -2.26. The average Bonchev–Trinajstić information content (AvgIpc) is 1.77. The van der Waals surface area contributed by atoms with E-state index in [1.165, 1.54) is 209 Å². The van der Waals surface area contributed by atoms with Crippen molar-refractivity contribution in [2.45, 2.75) is 203 Å². The normalized spacial score (nSPS) is 24.2. The van der Waals surface area contributed by atoms with Gasteiger partial charge in [0.1, 0.15) is 0 Å². The lowest BCUT2D eigenvalue weighted by molar-refractivity contribution is 0.189. The summed E-state index contributed by atoms with van der Waals surface area (Å²) >= 11 is 0. The van der Waals surface area contributed by atoms with E-state index in [2.05, 4.69) is 275 Å². The molecule has 9 unspecified atom stereocenters. The molecule has 5 aromatic carbocycles. The van der Waals surface area contributed by atoms with Crippen molar-refractivity contribution < 1.29 is 0 Å². The van der Waals surface area contributed by atoms with Gasteiger partial charge < -0.3 is 0 Å². The topological polar surface area (TPSA) is 0 Å². The van der Waals surface area contributed by atoms with E-state index in [4.69, 9.17) is 0 Å². The van der Waals surface area contributed by atoms with Crippen LogP contribution in [0.25, 0.3) is 11.1 Å². The maximum Gasteiger partial charge on any atom is 0.0281 e. The monoisotopic (exact) mass is 1280 g/mol. The number of rotatable bonds is 18. The van der Waals surface area contributed by atoms with Crippen molar-refractivity contribution in [3.05, 3.63) is 329 Å². The third-order valence-electron chi connectivity index (χ3n) is 24.5. The van der Waals surface area contributed by atoms with Crippen molar-refractivity contribution in [1.29, 1.82) is 0 Å². The molecule has 97 heavy (non-hydrogen) atoms. The number of aryl methyl sites for hydroxylation is 5. The molecule has 0 heteroatoms. The second-order valence-electron chi connectivity index (χ2n) is 31.4. The highest BCUT2D eigenvalue weighted by molar-refractivity contribution is 5.80. The number of hydrogen-bond donors (Lipinski definition) is 0. The van der Waals surface area contributed by atoms with Crippen molar-refractivity contribution >= 4 is 11.1 Å². The van der Waals surface area contributed by atoms with Crippen LogP contribution in [-0.4, -0.2) is 0 Å². The largest absolute Gasteiger partial charge is 0.0836 e. The summed E-state index contributed by atoms with van der Waals surface area (Å²) in [7, 11) is 0. The molecule has 10 aliphatic rings. The Labute approximate surface area is 586 Å². The van der Waals surface area contributed by atoms with Gasteiger partial charge >= 0.3 is 0 Å². The van der Waals surface area contributed by atoms with E-state index in [9.17, 15) is 0 Å². The molecule has 0 amide bonds. The van der Waals surface area contributed by atoms with E-state index in [1.54, 1.807) is 22.3 Å². The van der Waals surface area contributed by atoms with E-state index in [1.807, 2.05) is 0 Å². The van der Waals surface area contributed by atoms with Crippen molar-refractivity contribution in [2.75, 3.05) is 0 Å². The lowest BCUT2D eigenvalue weighted by atomic mass is 9.67. The molecule has 0 N–H and O–H groups in total. The predicted molar refractivity (Wildman–Crippen MR) is 418 cm³/mol. The Morgan fingerprint density at radius 3 is 1.63 bits per heavy atom. The van der Waals surface area contributed by atoms with Crippen LogP contribution in [-0.2, 0) is 38.5 Å². The van der Waals surface area contributed by atoms with Gasteiger partial charge in [-0.3, -0.25) is 0 Å². The summed E-state index contributed by atoms with van der Waals surface area (Å²) in [6.07, 6.45) is 67.6. The number of hydrogen-bond acceptors (Lipinski definition) is 0.